The normalized spacial score (nSPS) is 18.8. The standard InChI is InChI=1S/C12H14O5/c1-7(2)16-10-6-15-12-8(11(10)13)4-3-5-9(12)17-14/h3-5,7,10,14H,6H2,1-2H3. The number of ether oxygens (including phenoxy) is 2. The molecule has 92 valence electrons. The number of rotatable bonds is 3. The molecule has 1 aromatic rings. The number of hydrogen-bond donors (Lipinski definition) is 1. The summed E-state index contributed by atoms with van der Waals surface area (Å²) in [6.45, 7) is 3.84. The van der Waals surface area contributed by atoms with Gasteiger partial charge in [0.2, 0.25) is 5.75 Å². The van der Waals surface area contributed by atoms with Crippen LogP contribution in [0.1, 0.15) is 24.2 Å². The number of carbonyl (C=O) groups excluding carboxylic acids is 1. The quantitative estimate of drug-likeness (QED) is 0.643. The molecule has 0 radical (unpaired) electrons. The Bertz CT molecular complexity index is 427. The lowest BCUT2D eigenvalue weighted by Gasteiger charge is -2.26. The van der Waals surface area contributed by atoms with Crippen LogP contribution in [0.4, 0.5) is 0 Å². The van der Waals surface area contributed by atoms with Crippen molar-refractivity contribution < 1.29 is 24.4 Å². The molecule has 5 heteroatoms. The molecule has 1 heterocycles. The molecule has 5 nitrogen and oxygen atoms in total. The molecule has 1 aliphatic rings. The second-order valence-electron chi connectivity index (χ2n) is 4.07. The number of benzene rings is 1. The largest absolute Gasteiger partial charge is 0.486 e. The van der Waals surface area contributed by atoms with E-state index in [0.29, 0.717) is 5.56 Å². The van der Waals surface area contributed by atoms with E-state index in [4.69, 9.17) is 14.7 Å². The van der Waals surface area contributed by atoms with Crippen molar-refractivity contribution in [3.8, 4) is 11.5 Å². The first-order valence-corrected chi connectivity index (χ1v) is 5.40. The molecule has 2 rings (SSSR count). The van der Waals surface area contributed by atoms with Crippen molar-refractivity contribution in [2.75, 3.05) is 6.61 Å². The third-order valence-electron chi connectivity index (χ3n) is 2.45. The lowest BCUT2D eigenvalue weighted by molar-refractivity contribution is -0.139. The summed E-state index contributed by atoms with van der Waals surface area (Å²) in [5.74, 6) is 0.251. The number of hydrogen-bond acceptors (Lipinski definition) is 5. The number of Topliss-reactive ketones (excluding diaryl/α,β-unsaturated/α-hetero) is 1. The monoisotopic (exact) mass is 238 g/mol. The molecule has 0 aliphatic carbocycles. The Kier molecular flexibility index (Phi) is 3.31. The lowest BCUT2D eigenvalue weighted by atomic mass is 10.0. The Hall–Kier alpha value is -1.59. The van der Waals surface area contributed by atoms with Crippen molar-refractivity contribution >= 4 is 5.78 Å². The van der Waals surface area contributed by atoms with Crippen LogP contribution in [0, 0.1) is 0 Å². The summed E-state index contributed by atoms with van der Waals surface area (Å²) < 4.78 is 10.9. The topological polar surface area (TPSA) is 65.0 Å². The summed E-state index contributed by atoms with van der Waals surface area (Å²) in [5, 5.41) is 8.67. The summed E-state index contributed by atoms with van der Waals surface area (Å²) in [6.07, 6.45) is -0.650. The number of para-hydroxylation sites is 1. The van der Waals surface area contributed by atoms with Crippen LogP contribution in [0.15, 0.2) is 18.2 Å². The van der Waals surface area contributed by atoms with Gasteiger partial charge in [-0.15, -0.1) is 0 Å². The summed E-state index contributed by atoms with van der Waals surface area (Å²) >= 11 is 0. The van der Waals surface area contributed by atoms with Crippen LogP contribution in [0.3, 0.4) is 0 Å². The fourth-order valence-corrected chi connectivity index (χ4v) is 1.77. The van der Waals surface area contributed by atoms with Gasteiger partial charge in [0.25, 0.3) is 0 Å². The van der Waals surface area contributed by atoms with Gasteiger partial charge in [-0.2, -0.15) is 0 Å². The molecule has 1 N–H and O–H groups in total. The van der Waals surface area contributed by atoms with Gasteiger partial charge in [0.05, 0.1) is 11.7 Å². The summed E-state index contributed by atoms with van der Waals surface area (Å²) in [5.41, 5.74) is 0.369. The zero-order chi connectivity index (χ0) is 12.4. The molecule has 0 aromatic heterocycles. The van der Waals surface area contributed by atoms with Gasteiger partial charge in [0.1, 0.15) is 6.61 Å². The second kappa shape index (κ2) is 4.73. The fourth-order valence-electron chi connectivity index (χ4n) is 1.77. The van der Waals surface area contributed by atoms with Crippen molar-refractivity contribution in [3.05, 3.63) is 23.8 Å². The molecule has 17 heavy (non-hydrogen) atoms. The molecule has 0 spiro atoms. The molecule has 0 bridgehead atoms. The van der Waals surface area contributed by atoms with Crippen molar-refractivity contribution in [2.24, 2.45) is 0 Å². The highest BCUT2D eigenvalue weighted by atomic mass is 17.1. The van der Waals surface area contributed by atoms with E-state index in [-0.39, 0.29) is 30.0 Å². The van der Waals surface area contributed by atoms with Crippen molar-refractivity contribution in [3.63, 3.8) is 0 Å². The van der Waals surface area contributed by atoms with Gasteiger partial charge in [-0.3, -0.25) is 4.79 Å². The Morgan fingerprint density at radius 1 is 1.47 bits per heavy atom. The van der Waals surface area contributed by atoms with Gasteiger partial charge in [0, 0.05) is 0 Å². The third kappa shape index (κ3) is 2.25. The van der Waals surface area contributed by atoms with E-state index in [2.05, 4.69) is 4.89 Å². The Balaban J connectivity index is 2.30. The van der Waals surface area contributed by atoms with Gasteiger partial charge in [-0.05, 0) is 26.0 Å². The average Bonchev–Trinajstić information content (AvgIpc) is 2.31. The van der Waals surface area contributed by atoms with Crippen LogP contribution in [0.2, 0.25) is 0 Å². The minimum absolute atomic E-state index is 0.0497. The van der Waals surface area contributed by atoms with Crippen LogP contribution in [0.25, 0.3) is 0 Å². The Morgan fingerprint density at radius 3 is 2.88 bits per heavy atom. The second-order valence-corrected chi connectivity index (χ2v) is 4.07. The Morgan fingerprint density at radius 2 is 2.24 bits per heavy atom. The van der Waals surface area contributed by atoms with E-state index in [1.807, 2.05) is 13.8 Å². The maximum atomic E-state index is 12.1. The van der Waals surface area contributed by atoms with Gasteiger partial charge in [-0.1, -0.05) is 6.07 Å². The number of carbonyl (C=O) groups is 1. The molecule has 1 unspecified atom stereocenters. The first-order valence-electron chi connectivity index (χ1n) is 5.40. The van der Waals surface area contributed by atoms with Crippen molar-refractivity contribution in [1.82, 2.24) is 0 Å². The molecule has 0 fully saturated rings. The van der Waals surface area contributed by atoms with Crippen LogP contribution >= 0.6 is 0 Å². The van der Waals surface area contributed by atoms with E-state index in [0.717, 1.165) is 0 Å². The number of ketones is 1. The SMILES string of the molecule is CC(C)OC1COc2c(OO)cccc2C1=O. The molecule has 0 saturated carbocycles. The van der Waals surface area contributed by atoms with E-state index >= 15 is 0 Å². The zero-order valence-corrected chi connectivity index (χ0v) is 9.67. The molecule has 1 aliphatic heterocycles. The first-order chi connectivity index (χ1) is 8.13. The molecule has 0 saturated heterocycles. The number of fused-ring (bicyclic) bond motifs is 1. The average molecular weight is 238 g/mol. The van der Waals surface area contributed by atoms with E-state index in [1.165, 1.54) is 6.07 Å². The lowest BCUT2D eigenvalue weighted by Crippen LogP contribution is -2.37. The predicted octanol–water partition coefficient (Wildman–Crippen LogP) is 1.91. The molecule has 1 atom stereocenters. The third-order valence-corrected chi connectivity index (χ3v) is 2.45. The smallest absolute Gasteiger partial charge is 0.207 e. The van der Waals surface area contributed by atoms with E-state index in [9.17, 15) is 4.79 Å². The van der Waals surface area contributed by atoms with Crippen LogP contribution in [-0.4, -0.2) is 29.9 Å². The molecule has 1 aromatic carbocycles. The molecule has 0 amide bonds. The highest BCUT2D eigenvalue weighted by molar-refractivity contribution is 6.03. The van der Waals surface area contributed by atoms with Crippen molar-refractivity contribution in [2.45, 2.75) is 26.1 Å². The molecular weight excluding hydrogens is 224 g/mol. The highest BCUT2D eigenvalue weighted by Gasteiger charge is 2.32. The minimum atomic E-state index is -0.601. The van der Waals surface area contributed by atoms with Crippen molar-refractivity contribution in [1.29, 1.82) is 0 Å². The van der Waals surface area contributed by atoms with E-state index in [1.54, 1.807) is 12.1 Å². The van der Waals surface area contributed by atoms with Gasteiger partial charge in [0.15, 0.2) is 17.6 Å². The summed E-state index contributed by atoms with van der Waals surface area (Å²) in [4.78, 5) is 16.2. The van der Waals surface area contributed by atoms with Crippen LogP contribution < -0.4 is 9.62 Å². The maximum absolute atomic E-state index is 12.1. The van der Waals surface area contributed by atoms with Gasteiger partial charge in [-0.25, -0.2) is 5.26 Å². The van der Waals surface area contributed by atoms with Crippen LogP contribution in [-0.2, 0) is 4.74 Å². The summed E-state index contributed by atoms with van der Waals surface area (Å²) in [6, 6.07) is 4.76. The summed E-state index contributed by atoms with van der Waals surface area (Å²) in [7, 11) is 0. The minimum Gasteiger partial charge on any atom is -0.486 e. The zero-order valence-electron chi connectivity index (χ0n) is 9.67. The predicted molar refractivity (Wildman–Crippen MR) is 59.5 cm³/mol. The first kappa shape index (κ1) is 11.9. The van der Waals surface area contributed by atoms with E-state index < -0.39 is 6.10 Å². The van der Waals surface area contributed by atoms with Gasteiger partial charge < -0.3 is 14.4 Å². The Labute approximate surface area is 98.8 Å². The van der Waals surface area contributed by atoms with Gasteiger partial charge >= 0.3 is 0 Å². The molecular formula is C12H14O5. The maximum Gasteiger partial charge on any atom is 0.207 e. The highest BCUT2D eigenvalue weighted by Crippen LogP contribution is 2.35. The fraction of sp³-hybridized carbons (Fsp3) is 0.417. The van der Waals surface area contributed by atoms with Crippen LogP contribution in [0.5, 0.6) is 11.5 Å².